The second kappa shape index (κ2) is 7.25. The van der Waals surface area contributed by atoms with Crippen molar-refractivity contribution in [1.29, 1.82) is 0 Å². The molecule has 0 radical (unpaired) electrons. The second-order valence-electron chi connectivity index (χ2n) is 5.80. The first kappa shape index (κ1) is 15.5. The van der Waals surface area contributed by atoms with Crippen molar-refractivity contribution >= 4 is 17.5 Å². The summed E-state index contributed by atoms with van der Waals surface area (Å²) in [7, 11) is 0. The zero-order valence-corrected chi connectivity index (χ0v) is 12.9. The van der Waals surface area contributed by atoms with Gasteiger partial charge >= 0.3 is 0 Å². The summed E-state index contributed by atoms with van der Waals surface area (Å²) >= 11 is 0. The zero-order chi connectivity index (χ0) is 15.2. The van der Waals surface area contributed by atoms with Crippen molar-refractivity contribution in [3.05, 3.63) is 29.8 Å². The summed E-state index contributed by atoms with van der Waals surface area (Å²) in [5.74, 6) is 0.396. The lowest BCUT2D eigenvalue weighted by atomic mass is 9.99. The number of benzene rings is 1. The van der Waals surface area contributed by atoms with Gasteiger partial charge in [-0.2, -0.15) is 0 Å². The molecule has 0 aliphatic carbocycles. The van der Waals surface area contributed by atoms with Crippen LogP contribution in [0.2, 0.25) is 0 Å². The molecule has 0 saturated carbocycles. The lowest BCUT2D eigenvalue weighted by Crippen LogP contribution is -2.39. The van der Waals surface area contributed by atoms with E-state index in [1.54, 1.807) is 0 Å². The maximum absolute atomic E-state index is 12.1. The molecule has 2 amide bonds. The molecule has 0 bridgehead atoms. The van der Waals surface area contributed by atoms with Crippen LogP contribution in [0.4, 0.5) is 5.69 Å². The number of carbonyl (C=O) groups is 2. The van der Waals surface area contributed by atoms with Crippen LogP contribution in [0.1, 0.15) is 38.7 Å². The number of hydrogen-bond acceptors (Lipinski definition) is 2. The molecule has 4 heteroatoms. The first-order valence-corrected chi connectivity index (χ1v) is 7.75. The molecule has 1 aromatic carbocycles. The van der Waals surface area contributed by atoms with Crippen LogP contribution in [0.5, 0.6) is 0 Å². The monoisotopic (exact) mass is 288 g/mol. The number of para-hydroxylation sites is 1. The molecule has 0 unspecified atom stereocenters. The molecule has 1 aliphatic rings. The van der Waals surface area contributed by atoms with E-state index in [0.29, 0.717) is 5.92 Å². The van der Waals surface area contributed by atoms with E-state index in [4.69, 9.17) is 0 Å². The number of amides is 2. The van der Waals surface area contributed by atoms with Crippen LogP contribution in [0.15, 0.2) is 24.3 Å². The van der Waals surface area contributed by atoms with E-state index in [-0.39, 0.29) is 18.2 Å². The van der Waals surface area contributed by atoms with Crippen molar-refractivity contribution in [3.63, 3.8) is 0 Å². The highest BCUT2D eigenvalue weighted by atomic mass is 16.2. The molecule has 21 heavy (non-hydrogen) atoms. The quantitative estimate of drug-likeness (QED) is 0.866. The van der Waals surface area contributed by atoms with Gasteiger partial charge in [0.1, 0.15) is 6.42 Å². The van der Waals surface area contributed by atoms with Crippen molar-refractivity contribution in [2.24, 2.45) is 5.92 Å². The van der Waals surface area contributed by atoms with Crippen LogP contribution in [-0.4, -0.2) is 29.8 Å². The van der Waals surface area contributed by atoms with Gasteiger partial charge in [-0.15, -0.1) is 0 Å². The summed E-state index contributed by atoms with van der Waals surface area (Å²) in [5.41, 5.74) is 1.90. The number of aryl methyl sites for hydroxylation is 1. The number of nitrogens with one attached hydrogen (secondary N) is 1. The number of anilines is 1. The lowest BCUT2D eigenvalue weighted by molar-refractivity contribution is -0.135. The van der Waals surface area contributed by atoms with Crippen LogP contribution in [0.3, 0.4) is 0 Å². The van der Waals surface area contributed by atoms with Gasteiger partial charge in [0.25, 0.3) is 0 Å². The van der Waals surface area contributed by atoms with Crippen LogP contribution in [0.25, 0.3) is 0 Å². The van der Waals surface area contributed by atoms with Gasteiger partial charge in [0.05, 0.1) is 0 Å². The Balaban J connectivity index is 1.88. The van der Waals surface area contributed by atoms with E-state index >= 15 is 0 Å². The molecule has 2 rings (SSSR count). The topological polar surface area (TPSA) is 49.4 Å². The largest absolute Gasteiger partial charge is 0.342 e. The Hall–Kier alpha value is -1.84. The van der Waals surface area contributed by atoms with Gasteiger partial charge in [-0.25, -0.2) is 0 Å². The van der Waals surface area contributed by atoms with Crippen LogP contribution < -0.4 is 5.32 Å². The minimum Gasteiger partial charge on any atom is -0.342 e. The Labute approximate surface area is 126 Å². The Morgan fingerprint density at radius 1 is 1.24 bits per heavy atom. The van der Waals surface area contributed by atoms with E-state index in [9.17, 15) is 9.59 Å². The lowest BCUT2D eigenvalue weighted by Gasteiger charge is -2.30. The standard InChI is InChI=1S/C17H24N2O2/c1-3-14-6-4-5-7-15(14)18-16(20)12-17(21)19-10-8-13(2)9-11-19/h4-7,13H,3,8-12H2,1-2H3,(H,18,20). The van der Waals surface area contributed by atoms with Gasteiger partial charge < -0.3 is 10.2 Å². The maximum atomic E-state index is 12.1. The molecule has 114 valence electrons. The van der Waals surface area contributed by atoms with Crippen molar-refractivity contribution in [2.45, 2.75) is 39.5 Å². The number of rotatable bonds is 4. The van der Waals surface area contributed by atoms with Gasteiger partial charge in [0.2, 0.25) is 11.8 Å². The summed E-state index contributed by atoms with van der Waals surface area (Å²) in [6, 6.07) is 7.71. The Kier molecular flexibility index (Phi) is 5.37. The van der Waals surface area contributed by atoms with Gasteiger partial charge in [0, 0.05) is 18.8 Å². The average molecular weight is 288 g/mol. The minimum atomic E-state index is -0.223. The smallest absolute Gasteiger partial charge is 0.233 e. The minimum absolute atomic E-state index is 0.0617. The molecular weight excluding hydrogens is 264 g/mol. The molecule has 1 aromatic rings. The summed E-state index contributed by atoms with van der Waals surface area (Å²) in [6.07, 6.45) is 2.86. The van der Waals surface area contributed by atoms with Crippen LogP contribution in [0, 0.1) is 5.92 Å². The molecular formula is C17H24N2O2. The van der Waals surface area contributed by atoms with Crippen LogP contribution in [-0.2, 0) is 16.0 Å². The number of likely N-dealkylation sites (tertiary alicyclic amines) is 1. The highest BCUT2D eigenvalue weighted by Crippen LogP contribution is 2.18. The van der Waals surface area contributed by atoms with Crippen molar-refractivity contribution in [1.82, 2.24) is 4.90 Å². The van der Waals surface area contributed by atoms with E-state index in [1.807, 2.05) is 36.1 Å². The van der Waals surface area contributed by atoms with E-state index in [2.05, 4.69) is 12.2 Å². The third-order valence-corrected chi connectivity index (χ3v) is 4.12. The fourth-order valence-corrected chi connectivity index (χ4v) is 2.65. The fourth-order valence-electron chi connectivity index (χ4n) is 2.65. The number of hydrogen-bond donors (Lipinski definition) is 1. The predicted molar refractivity (Wildman–Crippen MR) is 84.0 cm³/mol. The normalized spacial score (nSPS) is 15.8. The van der Waals surface area contributed by atoms with E-state index < -0.39 is 0 Å². The Morgan fingerprint density at radius 2 is 1.90 bits per heavy atom. The molecule has 0 atom stereocenters. The van der Waals surface area contributed by atoms with Gasteiger partial charge in [-0.1, -0.05) is 32.0 Å². The van der Waals surface area contributed by atoms with Gasteiger partial charge in [-0.3, -0.25) is 9.59 Å². The number of carbonyl (C=O) groups excluding carboxylic acids is 2. The predicted octanol–water partition coefficient (Wildman–Crippen LogP) is 2.84. The third kappa shape index (κ3) is 4.31. The molecule has 0 spiro atoms. The fraction of sp³-hybridized carbons (Fsp3) is 0.529. The van der Waals surface area contributed by atoms with E-state index in [0.717, 1.165) is 43.6 Å². The number of piperidine rings is 1. The molecule has 1 heterocycles. The number of nitrogens with zero attached hydrogens (tertiary/aromatic N) is 1. The van der Waals surface area contributed by atoms with Gasteiger partial charge in [-0.05, 0) is 36.8 Å². The molecule has 0 aromatic heterocycles. The molecule has 4 nitrogen and oxygen atoms in total. The molecule has 1 saturated heterocycles. The molecule has 1 fully saturated rings. The van der Waals surface area contributed by atoms with Crippen LogP contribution >= 0.6 is 0 Å². The maximum Gasteiger partial charge on any atom is 0.233 e. The second-order valence-corrected chi connectivity index (χ2v) is 5.80. The third-order valence-electron chi connectivity index (χ3n) is 4.12. The van der Waals surface area contributed by atoms with Crippen molar-refractivity contribution < 1.29 is 9.59 Å². The summed E-state index contributed by atoms with van der Waals surface area (Å²) in [4.78, 5) is 26.0. The van der Waals surface area contributed by atoms with Crippen molar-refractivity contribution in [2.75, 3.05) is 18.4 Å². The SMILES string of the molecule is CCc1ccccc1NC(=O)CC(=O)N1CCC(C)CC1. The van der Waals surface area contributed by atoms with Gasteiger partial charge in [0.15, 0.2) is 0 Å². The highest BCUT2D eigenvalue weighted by Gasteiger charge is 2.22. The van der Waals surface area contributed by atoms with Crippen molar-refractivity contribution in [3.8, 4) is 0 Å². The first-order chi connectivity index (χ1) is 10.1. The van der Waals surface area contributed by atoms with E-state index in [1.165, 1.54) is 0 Å². The first-order valence-electron chi connectivity index (χ1n) is 7.75. The Bertz CT molecular complexity index is 505. The highest BCUT2D eigenvalue weighted by molar-refractivity contribution is 6.03. The average Bonchev–Trinajstić information content (AvgIpc) is 2.48. The Morgan fingerprint density at radius 3 is 2.57 bits per heavy atom. The zero-order valence-electron chi connectivity index (χ0n) is 12.9. The summed E-state index contributed by atoms with van der Waals surface area (Å²) in [6.45, 7) is 5.80. The summed E-state index contributed by atoms with van der Waals surface area (Å²) in [5, 5.41) is 2.85. The molecule has 1 N–H and O–H groups in total. The summed E-state index contributed by atoms with van der Waals surface area (Å²) < 4.78 is 0. The molecule has 1 aliphatic heterocycles.